The number of carbonyl (C=O) groups excluding carboxylic acids is 2. The van der Waals surface area contributed by atoms with Crippen LogP contribution in [0.25, 0.3) is 6.08 Å². The predicted octanol–water partition coefficient (Wildman–Crippen LogP) is 4.12. The minimum atomic E-state index is -0.499. The van der Waals surface area contributed by atoms with Gasteiger partial charge < -0.3 is 4.74 Å². The second-order valence-corrected chi connectivity index (χ2v) is 7.64. The topological polar surface area (TPSA) is 58.6 Å². The van der Waals surface area contributed by atoms with Crippen molar-refractivity contribution in [2.24, 2.45) is 5.92 Å². The van der Waals surface area contributed by atoms with Crippen molar-refractivity contribution in [3.8, 4) is 5.75 Å². The molecule has 0 aliphatic carbocycles. The van der Waals surface area contributed by atoms with Crippen molar-refractivity contribution in [3.05, 3.63) is 65.2 Å². The third kappa shape index (κ3) is 4.90. The van der Waals surface area contributed by atoms with Gasteiger partial charge in [0.2, 0.25) is 0 Å². The van der Waals surface area contributed by atoms with Gasteiger partial charge in [-0.1, -0.05) is 45.0 Å². The first-order chi connectivity index (χ1) is 13.9. The van der Waals surface area contributed by atoms with E-state index < -0.39 is 11.8 Å². The monoisotopic (exact) mass is 408 g/mol. The number of hydrogen-bond donors (Lipinski definition) is 1. The lowest BCUT2D eigenvalue weighted by Gasteiger charge is -2.29. The molecule has 0 spiro atoms. The van der Waals surface area contributed by atoms with E-state index in [4.69, 9.17) is 17.0 Å². The molecule has 0 aromatic heterocycles. The highest BCUT2D eigenvalue weighted by atomic mass is 32.1. The van der Waals surface area contributed by atoms with Gasteiger partial charge in [0.05, 0.1) is 12.3 Å². The maximum atomic E-state index is 13.0. The molecule has 0 bridgehead atoms. The molecule has 0 unspecified atom stereocenters. The van der Waals surface area contributed by atoms with Crippen LogP contribution in [0.4, 0.5) is 5.69 Å². The quantitative estimate of drug-likeness (QED) is 0.444. The highest BCUT2D eigenvalue weighted by Gasteiger charge is 2.34. The number of rotatable bonds is 6. The largest absolute Gasteiger partial charge is 0.493 e. The molecule has 1 aliphatic heterocycles. The van der Waals surface area contributed by atoms with Gasteiger partial charge in [-0.05, 0) is 66.0 Å². The zero-order valence-electron chi connectivity index (χ0n) is 16.8. The van der Waals surface area contributed by atoms with Crippen molar-refractivity contribution < 1.29 is 14.3 Å². The first-order valence-electron chi connectivity index (χ1n) is 9.62. The van der Waals surface area contributed by atoms with Gasteiger partial charge in [0, 0.05) is 0 Å². The fourth-order valence-electron chi connectivity index (χ4n) is 2.86. The molecule has 150 valence electrons. The standard InChI is InChI=1S/C23H24N2O3S/c1-4-16-5-9-18(10-6-16)25-22(27)20(21(26)24-23(25)29)13-17-7-11-19(12-8-17)28-14-15(2)3/h5-13,15H,4,14H2,1-3H3,(H,24,26,29). The highest BCUT2D eigenvalue weighted by Crippen LogP contribution is 2.23. The molecule has 1 saturated heterocycles. The van der Waals surface area contributed by atoms with Crippen molar-refractivity contribution in [3.63, 3.8) is 0 Å². The Hall–Kier alpha value is -2.99. The number of thiocarbonyl (C=S) groups is 1. The van der Waals surface area contributed by atoms with Crippen LogP contribution in [0, 0.1) is 5.92 Å². The Bertz CT molecular complexity index is 947. The highest BCUT2D eigenvalue weighted by molar-refractivity contribution is 7.80. The van der Waals surface area contributed by atoms with Crippen LogP contribution < -0.4 is 15.0 Å². The summed E-state index contributed by atoms with van der Waals surface area (Å²) in [5.41, 5.74) is 2.55. The number of nitrogens with one attached hydrogen (secondary N) is 1. The first-order valence-corrected chi connectivity index (χ1v) is 10.0. The van der Waals surface area contributed by atoms with E-state index in [1.165, 1.54) is 4.90 Å². The normalized spacial score (nSPS) is 15.8. The van der Waals surface area contributed by atoms with E-state index in [0.717, 1.165) is 23.3 Å². The van der Waals surface area contributed by atoms with Crippen LogP contribution in [0.2, 0.25) is 0 Å². The molecule has 6 heteroatoms. The van der Waals surface area contributed by atoms with Gasteiger partial charge in [0.1, 0.15) is 11.3 Å². The summed E-state index contributed by atoms with van der Waals surface area (Å²) in [6, 6.07) is 14.8. The first kappa shape index (κ1) is 20.7. The van der Waals surface area contributed by atoms with E-state index >= 15 is 0 Å². The molecule has 2 amide bonds. The third-order valence-corrected chi connectivity index (χ3v) is 4.76. The van der Waals surface area contributed by atoms with Crippen molar-refractivity contribution in [1.29, 1.82) is 0 Å². The molecule has 1 aliphatic rings. The minimum absolute atomic E-state index is 0.0361. The summed E-state index contributed by atoms with van der Waals surface area (Å²) in [5, 5.41) is 2.69. The Labute approximate surface area is 176 Å². The number of hydrogen-bond acceptors (Lipinski definition) is 4. The maximum Gasteiger partial charge on any atom is 0.270 e. The molecule has 1 heterocycles. The summed E-state index contributed by atoms with van der Waals surface area (Å²) >= 11 is 5.24. The number of anilines is 1. The fourth-order valence-corrected chi connectivity index (χ4v) is 3.14. The zero-order chi connectivity index (χ0) is 21.0. The molecule has 2 aromatic carbocycles. The number of aryl methyl sites for hydroxylation is 1. The lowest BCUT2D eigenvalue weighted by atomic mass is 10.1. The van der Waals surface area contributed by atoms with Crippen LogP contribution in [0.1, 0.15) is 31.9 Å². The van der Waals surface area contributed by atoms with E-state index in [1.54, 1.807) is 6.08 Å². The van der Waals surface area contributed by atoms with Gasteiger partial charge in [-0.15, -0.1) is 0 Å². The molecule has 0 atom stereocenters. The Morgan fingerprint density at radius 3 is 2.31 bits per heavy atom. The zero-order valence-corrected chi connectivity index (χ0v) is 17.6. The third-order valence-electron chi connectivity index (χ3n) is 4.48. The molecule has 1 fully saturated rings. The average Bonchev–Trinajstić information content (AvgIpc) is 2.71. The molecule has 2 aromatic rings. The smallest absolute Gasteiger partial charge is 0.270 e. The summed E-state index contributed by atoms with van der Waals surface area (Å²) < 4.78 is 5.67. The molecule has 1 N–H and O–H groups in total. The van der Waals surface area contributed by atoms with Crippen molar-refractivity contribution in [2.45, 2.75) is 27.2 Å². The number of benzene rings is 2. The summed E-state index contributed by atoms with van der Waals surface area (Å²) in [6.45, 7) is 6.85. The Balaban J connectivity index is 1.84. The van der Waals surface area contributed by atoms with Gasteiger partial charge in [0.15, 0.2) is 5.11 Å². The molecule has 29 heavy (non-hydrogen) atoms. The van der Waals surface area contributed by atoms with Crippen LogP contribution in [0.3, 0.4) is 0 Å². The Kier molecular flexibility index (Phi) is 6.44. The van der Waals surface area contributed by atoms with E-state index in [9.17, 15) is 9.59 Å². The molecular weight excluding hydrogens is 384 g/mol. The van der Waals surface area contributed by atoms with E-state index in [1.807, 2.05) is 48.5 Å². The van der Waals surface area contributed by atoms with E-state index in [0.29, 0.717) is 18.2 Å². The van der Waals surface area contributed by atoms with Crippen LogP contribution in [-0.2, 0) is 16.0 Å². The van der Waals surface area contributed by atoms with Crippen LogP contribution in [-0.4, -0.2) is 23.5 Å². The summed E-state index contributed by atoms with van der Waals surface area (Å²) in [6.07, 6.45) is 2.47. The van der Waals surface area contributed by atoms with Crippen molar-refractivity contribution in [2.75, 3.05) is 11.5 Å². The number of nitrogens with zero attached hydrogens (tertiary/aromatic N) is 1. The van der Waals surface area contributed by atoms with Gasteiger partial charge in [-0.3, -0.25) is 19.8 Å². The number of amides is 2. The molecule has 0 saturated carbocycles. The van der Waals surface area contributed by atoms with Crippen molar-refractivity contribution >= 4 is 40.9 Å². The second-order valence-electron chi connectivity index (χ2n) is 7.25. The lowest BCUT2D eigenvalue weighted by molar-refractivity contribution is -0.122. The Morgan fingerprint density at radius 1 is 1.07 bits per heavy atom. The molecule has 5 nitrogen and oxygen atoms in total. The Morgan fingerprint density at radius 2 is 1.72 bits per heavy atom. The van der Waals surface area contributed by atoms with Gasteiger partial charge in [-0.2, -0.15) is 0 Å². The van der Waals surface area contributed by atoms with Crippen LogP contribution in [0.15, 0.2) is 54.1 Å². The average molecular weight is 409 g/mol. The summed E-state index contributed by atoms with van der Waals surface area (Å²) in [5.74, 6) is 0.241. The van der Waals surface area contributed by atoms with Crippen LogP contribution >= 0.6 is 12.2 Å². The van der Waals surface area contributed by atoms with Gasteiger partial charge in [0.25, 0.3) is 11.8 Å². The minimum Gasteiger partial charge on any atom is -0.493 e. The van der Waals surface area contributed by atoms with E-state index in [-0.39, 0.29) is 10.7 Å². The molecular formula is C23H24N2O3S. The van der Waals surface area contributed by atoms with Crippen molar-refractivity contribution in [1.82, 2.24) is 5.32 Å². The number of carbonyl (C=O) groups is 2. The maximum absolute atomic E-state index is 13.0. The second kappa shape index (κ2) is 9.01. The fraction of sp³-hybridized carbons (Fsp3) is 0.261. The van der Waals surface area contributed by atoms with Crippen LogP contribution in [0.5, 0.6) is 5.75 Å². The van der Waals surface area contributed by atoms with Gasteiger partial charge in [-0.25, -0.2) is 0 Å². The summed E-state index contributed by atoms with van der Waals surface area (Å²) in [7, 11) is 0. The molecule has 3 rings (SSSR count). The summed E-state index contributed by atoms with van der Waals surface area (Å²) in [4.78, 5) is 26.8. The SMILES string of the molecule is CCc1ccc(N2C(=O)C(=Cc3ccc(OCC(C)C)cc3)C(=O)NC2=S)cc1. The van der Waals surface area contributed by atoms with Gasteiger partial charge >= 0.3 is 0 Å². The molecule has 0 radical (unpaired) electrons. The van der Waals surface area contributed by atoms with E-state index in [2.05, 4.69) is 26.1 Å². The number of ether oxygens (including phenoxy) is 1. The predicted molar refractivity (Wildman–Crippen MR) is 119 cm³/mol. The lowest BCUT2D eigenvalue weighted by Crippen LogP contribution is -2.54.